The van der Waals surface area contributed by atoms with E-state index in [1.54, 1.807) is 0 Å². The molecular weight excluding hydrogens is 162 g/mol. The molecule has 2 nitrogen and oxygen atoms in total. The molecule has 1 saturated heterocycles. The van der Waals surface area contributed by atoms with E-state index in [9.17, 15) is 5.11 Å². The first-order valence-corrected chi connectivity index (χ1v) is 5.52. The van der Waals surface area contributed by atoms with Crippen molar-refractivity contribution in [2.45, 2.75) is 57.6 Å². The lowest BCUT2D eigenvalue weighted by molar-refractivity contribution is -0.0527. The summed E-state index contributed by atoms with van der Waals surface area (Å²) in [4.78, 5) is 0. The van der Waals surface area contributed by atoms with Crippen LogP contribution in [0.2, 0.25) is 0 Å². The molecular formula is C11H21NO. The Bertz CT molecular complexity index is 196. The van der Waals surface area contributed by atoms with Crippen LogP contribution < -0.4 is 5.32 Å². The van der Waals surface area contributed by atoms with Gasteiger partial charge in [-0.3, -0.25) is 0 Å². The summed E-state index contributed by atoms with van der Waals surface area (Å²) >= 11 is 0. The molecule has 0 aromatic heterocycles. The molecule has 0 spiro atoms. The Morgan fingerprint density at radius 2 is 2.00 bits per heavy atom. The van der Waals surface area contributed by atoms with Crippen LogP contribution in [-0.2, 0) is 0 Å². The maximum absolute atomic E-state index is 10.3. The van der Waals surface area contributed by atoms with Gasteiger partial charge in [0.15, 0.2) is 0 Å². The number of nitrogens with one attached hydrogen (secondary N) is 1. The summed E-state index contributed by atoms with van der Waals surface area (Å²) in [5, 5.41) is 13.9. The molecule has 1 aliphatic heterocycles. The molecule has 13 heavy (non-hydrogen) atoms. The van der Waals surface area contributed by atoms with Gasteiger partial charge in [-0.25, -0.2) is 0 Å². The van der Waals surface area contributed by atoms with E-state index in [0.717, 1.165) is 13.0 Å². The van der Waals surface area contributed by atoms with E-state index in [-0.39, 0.29) is 5.41 Å². The molecule has 0 aromatic carbocycles. The van der Waals surface area contributed by atoms with Gasteiger partial charge in [-0.15, -0.1) is 0 Å². The monoisotopic (exact) mass is 183 g/mol. The van der Waals surface area contributed by atoms with Gasteiger partial charge in [-0.2, -0.15) is 0 Å². The number of hydrogen-bond donors (Lipinski definition) is 2. The van der Waals surface area contributed by atoms with Crippen LogP contribution in [0.1, 0.15) is 46.0 Å². The van der Waals surface area contributed by atoms with Crippen LogP contribution in [0.4, 0.5) is 0 Å². The minimum Gasteiger partial charge on any atom is -0.390 e. The highest BCUT2D eigenvalue weighted by Crippen LogP contribution is 2.50. The van der Waals surface area contributed by atoms with Crippen LogP contribution >= 0.6 is 0 Å². The molecule has 2 N–H and O–H groups in total. The molecule has 0 amide bonds. The molecule has 1 heterocycles. The maximum atomic E-state index is 10.3. The molecule has 3 atom stereocenters. The third-order valence-corrected chi connectivity index (χ3v) is 4.42. The summed E-state index contributed by atoms with van der Waals surface area (Å²) in [6.07, 6.45) is 5.85. The summed E-state index contributed by atoms with van der Waals surface area (Å²) in [6, 6.07) is 0.546. The third-order valence-electron chi connectivity index (χ3n) is 4.42. The highest BCUT2D eigenvalue weighted by atomic mass is 16.3. The molecule has 0 bridgehead atoms. The first-order chi connectivity index (χ1) is 6.06. The van der Waals surface area contributed by atoms with Crippen LogP contribution in [0.15, 0.2) is 0 Å². The van der Waals surface area contributed by atoms with Crippen molar-refractivity contribution in [1.29, 1.82) is 0 Å². The molecule has 2 heteroatoms. The first-order valence-electron chi connectivity index (χ1n) is 5.52. The number of aliphatic hydroxyl groups is 1. The van der Waals surface area contributed by atoms with Gasteiger partial charge in [-0.05, 0) is 45.6 Å². The van der Waals surface area contributed by atoms with Gasteiger partial charge < -0.3 is 10.4 Å². The number of rotatable bonds is 1. The van der Waals surface area contributed by atoms with Crippen molar-refractivity contribution >= 4 is 0 Å². The van der Waals surface area contributed by atoms with Crippen LogP contribution in [0.5, 0.6) is 0 Å². The smallest absolute Gasteiger partial charge is 0.0687 e. The van der Waals surface area contributed by atoms with E-state index in [4.69, 9.17) is 0 Å². The normalized spacial score (nSPS) is 51.5. The predicted molar refractivity (Wildman–Crippen MR) is 53.6 cm³/mol. The average molecular weight is 183 g/mol. The quantitative estimate of drug-likeness (QED) is 0.648. The Morgan fingerprint density at radius 1 is 1.23 bits per heavy atom. The van der Waals surface area contributed by atoms with Crippen molar-refractivity contribution in [2.75, 3.05) is 6.54 Å². The fourth-order valence-corrected chi connectivity index (χ4v) is 3.13. The van der Waals surface area contributed by atoms with Crippen LogP contribution in [0.3, 0.4) is 0 Å². The Balaban J connectivity index is 2.17. The van der Waals surface area contributed by atoms with Gasteiger partial charge in [0.2, 0.25) is 0 Å². The second-order valence-corrected chi connectivity index (χ2v) is 5.19. The van der Waals surface area contributed by atoms with E-state index in [0.29, 0.717) is 6.04 Å². The van der Waals surface area contributed by atoms with Crippen molar-refractivity contribution in [3.05, 3.63) is 0 Å². The van der Waals surface area contributed by atoms with E-state index < -0.39 is 5.60 Å². The molecule has 1 aliphatic carbocycles. The van der Waals surface area contributed by atoms with Crippen LogP contribution in [-0.4, -0.2) is 23.3 Å². The Kier molecular flexibility index (Phi) is 2.16. The molecule has 0 aromatic rings. The predicted octanol–water partition coefficient (Wildman–Crippen LogP) is 1.68. The lowest BCUT2D eigenvalue weighted by Gasteiger charge is -2.42. The number of hydrogen-bond acceptors (Lipinski definition) is 2. The zero-order chi connectivity index (χ0) is 9.53. The van der Waals surface area contributed by atoms with Crippen molar-refractivity contribution < 1.29 is 5.11 Å². The van der Waals surface area contributed by atoms with Crippen LogP contribution in [0, 0.1) is 5.41 Å². The standard InChI is InChI=1S/C11H21NO/c1-10(9-5-3-8-12-9)6-4-7-11(10,2)13/h9,12-13H,3-8H2,1-2H3. The third kappa shape index (κ3) is 1.31. The van der Waals surface area contributed by atoms with Gasteiger partial charge in [-0.1, -0.05) is 6.92 Å². The highest BCUT2D eigenvalue weighted by Gasteiger charge is 2.52. The van der Waals surface area contributed by atoms with Gasteiger partial charge >= 0.3 is 0 Å². The van der Waals surface area contributed by atoms with Gasteiger partial charge in [0.25, 0.3) is 0 Å². The van der Waals surface area contributed by atoms with E-state index in [1.165, 1.54) is 25.7 Å². The summed E-state index contributed by atoms with van der Waals surface area (Å²) < 4.78 is 0. The van der Waals surface area contributed by atoms with Gasteiger partial charge in [0, 0.05) is 11.5 Å². The zero-order valence-electron chi connectivity index (χ0n) is 8.77. The summed E-state index contributed by atoms with van der Waals surface area (Å²) in [5.74, 6) is 0. The fraction of sp³-hybridized carbons (Fsp3) is 1.00. The SMILES string of the molecule is CC1(O)CCCC1(C)C1CCCN1. The second-order valence-electron chi connectivity index (χ2n) is 5.19. The van der Waals surface area contributed by atoms with Crippen molar-refractivity contribution in [2.24, 2.45) is 5.41 Å². The summed E-state index contributed by atoms with van der Waals surface area (Å²) in [7, 11) is 0. The lowest BCUT2D eigenvalue weighted by atomic mass is 9.71. The maximum Gasteiger partial charge on any atom is 0.0687 e. The van der Waals surface area contributed by atoms with Crippen molar-refractivity contribution in [1.82, 2.24) is 5.32 Å². The molecule has 1 saturated carbocycles. The van der Waals surface area contributed by atoms with E-state index in [2.05, 4.69) is 12.2 Å². The van der Waals surface area contributed by atoms with Gasteiger partial charge in [0.1, 0.15) is 0 Å². The Morgan fingerprint density at radius 3 is 2.46 bits per heavy atom. The Hall–Kier alpha value is -0.0800. The van der Waals surface area contributed by atoms with E-state index in [1.807, 2.05) is 6.92 Å². The van der Waals surface area contributed by atoms with Crippen LogP contribution in [0.25, 0.3) is 0 Å². The molecule has 2 aliphatic rings. The summed E-state index contributed by atoms with van der Waals surface area (Å²) in [5.41, 5.74) is -0.335. The zero-order valence-corrected chi connectivity index (χ0v) is 8.77. The topological polar surface area (TPSA) is 32.3 Å². The Labute approximate surface area is 80.7 Å². The summed E-state index contributed by atoms with van der Waals surface area (Å²) in [6.45, 7) is 5.40. The van der Waals surface area contributed by atoms with E-state index >= 15 is 0 Å². The first kappa shape index (κ1) is 9.47. The molecule has 3 unspecified atom stereocenters. The average Bonchev–Trinajstić information content (AvgIpc) is 2.61. The fourth-order valence-electron chi connectivity index (χ4n) is 3.13. The minimum atomic E-state index is -0.449. The van der Waals surface area contributed by atoms with Gasteiger partial charge in [0.05, 0.1) is 5.60 Å². The molecule has 0 radical (unpaired) electrons. The lowest BCUT2D eigenvalue weighted by Crippen LogP contribution is -2.51. The molecule has 2 rings (SSSR count). The second kappa shape index (κ2) is 2.96. The molecule has 76 valence electrons. The highest BCUT2D eigenvalue weighted by molar-refractivity contribution is 5.06. The van der Waals surface area contributed by atoms with Crippen molar-refractivity contribution in [3.63, 3.8) is 0 Å². The van der Waals surface area contributed by atoms with Crippen molar-refractivity contribution in [3.8, 4) is 0 Å². The largest absolute Gasteiger partial charge is 0.390 e. The molecule has 2 fully saturated rings. The minimum absolute atomic E-state index is 0.115.